The molecule has 118 valence electrons. The fourth-order valence-electron chi connectivity index (χ4n) is 4.24. The van der Waals surface area contributed by atoms with Crippen molar-refractivity contribution < 1.29 is 9.59 Å². The minimum atomic E-state index is -0.295. The highest BCUT2D eigenvalue weighted by atomic mass is 16.2. The van der Waals surface area contributed by atoms with Crippen LogP contribution in [0.3, 0.4) is 0 Å². The highest BCUT2D eigenvalue weighted by Crippen LogP contribution is 2.31. The Labute approximate surface area is 126 Å². The lowest BCUT2D eigenvalue weighted by atomic mass is 9.77. The molecule has 2 saturated heterocycles. The molecule has 0 bridgehead atoms. The predicted molar refractivity (Wildman–Crippen MR) is 80.7 cm³/mol. The van der Waals surface area contributed by atoms with E-state index in [-0.39, 0.29) is 17.9 Å². The minimum absolute atomic E-state index is 0.0547. The Hall–Kier alpha value is -0.940. The zero-order valence-corrected chi connectivity index (χ0v) is 12.9. The van der Waals surface area contributed by atoms with E-state index in [9.17, 15) is 9.59 Å². The molecule has 1 saturated carbocycles. The Bertz CT molecular complexity index is 406. The van der Waals surface area contributed by atoms with Gasteiger partial charge in [-0.25, -0.2) is 0 Å². The maximum absolute atomic E-state index is 12.1. The molecule has 0 aromatic rings. The van der Waals surface area contributed by atoms with Gasteiger partial charge in [-0.15, -0.1) is 0 Å². The molecular weight excluding hydrogens is 266 g/mol. The SMILES string of the molecule is CN1C(=O)CC(NC2CCCCC2C2CCCCN2)C1=O. The van der Waals surface area contributed by atoms with Crippen molar-refractivity contribution in [1.29, 1.82) is 0 Å². The molecular formula is C16H27N3O2. The topological polar surface area (TPSA) is 61.4 Å². The van der Waals surface area contributed by atoms with Gasteiger partial charge in [0.1, 0.15) is 0 Å². The van der Waals surface area contributed by atoms with Crippen LogP contribution in [-0.2, 0) is 9.59 Å². The van der Waals surface area contributed by atoms with E-state index in [4.69, 9.17) is 0 Å². The van der Waals surface area contributed by atoms with Crippen molar-refractivity contribution in [2.45, 2.75) is 69.5 Å². The van der Waals surface area contributed by atoms with Gasteiger partial charge in [0.25, 0.3) is 0 Å². The summed E-state index contributed by atoms with van der Waals surface area (Å²) in [4.78, 5) is 25.0. The van der Waals surface area contributed by atoms with Crippen LogP contribution in [0.4, 0.5) is 0 Å². The van der Waals surface area contributed by atoms with Crippen molar-refractivity contribution in [2.24, 2.45) is 5.92 Å². The molecule has 3 aliphatic rings. The lowest BCUT2D eigenvalue weighted by Crippen LogP contribution is -2.54. The maximum Gasteiger partial charge on any atom is 0.246 e. The van der Waals surface area contributed by atoms with Crippen molar-refractivity contribution in [1.82, 2.24) is 15.5 Å². The fraction of sp³-hybridized carbons (Fsp3) is 0.875. The van der Waals surface area contributed by atoms with Gasteiger partial charge in [-0.3, -0.25) is 14.5 Å². The van der Waals surface area contributed by atoms with E-state index >= 15 is 0 Å². The number of rotatable bonds is 3. The Kier molecular flexibility index (Phi) is 4.60. The average Bonchev–Trinajstić information content (AvgIpc) is 2.76. The van der Waals surface area contributed by atoms with E-state index in [1.54, 1.807) is 7.05 Å². The van der Waals surface area contributed by atoms with Gasteiger partial charge < -0.3 is 10.6 Å². The summed E-state index contributed by atoms with van der Waals surface area (Å²) in [7, 11) is 1.59. The van der Waals surface area contributed by atoms with Gasteiger partial charge in [-0.2, -0.15) is 0 Å². The Morgan fingerprint density at radius 3 is 2.52 bits per heavy atom. The number of likely N-dealkylation sites (tertiary alicyclic amines) is 1. The molecule has 3 fully saturated rings. The number of amides is 2. The van der Waals surface area contributed by atoms with Gasteiger partial charge in [0.2, 0.25) is 11.8 Å². The molecule has 4 atom stereocenters. The Morgan fingerprint density at radius 1 is 1.10 bits per heavy atom. The molecule has 21 heavy (non-hydrogen) atoms. The van der Waals surface area contributed by atoms with Crippen LogP contribution in [0, 0.1) is 5.92 Å². The van der Waals surface area contributed by atoms with Crippen molar-refractivity contribution >= 4 is 11.8 Å². The van der Waals surface area contributed by atoms with Crippen LogP contribution in [-0.4, -0.2) is 48.4 Å². The third-order valence-corrected chi connectivity index (χ3v) is 5.48. The number of hydrogen-bond donors (Lipinski definition) is 2. The summed E-state index contributed by atoms with van der Waals surface area (Å²) < 4.78 is 0. The molecule has 0 aromatic carbocycles. The fourth-order valence-corrected chi connectivity index (χ4v) is 4.24. The van der Waals surface area contributed by atoms with Crippen LogP contribution < -0.4 is 10.6 Å². The number of piperidine rings is 1. The van der Waals surface area contributed by atoms with Gasteiger partial charge in [0.05, 0.1) is 12.5 Å². The summed E-state index contributed by atoms with van der Waals surface area (Å²) in [6, 6.07) is 0.667. The summed E-state index contributed by atoms with van der Waals surface area (Å²) in [5.74, 6) is 0.495. The first-order valence-electron chi connectivity index (χ1n) is 8.46. The van der Waals surface area contributed by atoms with Gasteiger partial charge >= 0.3 is 0 Å². The Balaban J connectivity index is 1.64. The second-order valence-electron chi connectivity index (χ2n) is 6.83. The lowest BCUT2D eigenvalue weighted by molar-refractivity contribution is -0.137. The third-order valence-electron chi connectivity index (χ3n) is 5.48. The van der Waals surface area contributed by atoms with Gasteiger partial charge in [0.15, 0.2) is 0 Å². The molecule has 0 radical (unpaired) electrons. The highest BCUT2D eigenvalue weighted by Gasteiger charge is 2.40. The van der Waals surface area contributed by atoms with Crippen LogP contribution in [0.25, 0.3) is 0 Å². The average molecular weight is 293 g/mol. The molecule has 4 unspecified atom stereocenters. The monoisotopic (exact) mass is 293 g/mol. The van der Waals surface area contributed by atoms with E-state index in [0.717, 1.165) is 13.0 Å². The van der Waals surface area contributed by atoms with E-state index < -0.39 is 0 Å². The molecule has 2 heterocycles. The first kappa shape index (κ1) is 15.0. The van der Waals surface area contributed by atoms with Gasteiger partial charge in [-0.05, 0) is 38.1 Å². The maximum atomic E-state index is 12.1. The number of likely N-dealkylation sites (N-methyl/N-ethyl adjacent to an activating group) is 1. The second-order valence-corrected chi connectivity index (χ2v) is 6.83. The first-order chi connectivity index (χ1) is 10.2. The third kappa shape index (κ3) is 3.14. The van der Waals surface area contributed by atoms with E-state index in [1.807, 2.05) is 0 Å². The van der Waals surface area contributed by atoms with Gasteiger partial charge in [0, 0.05) is 19.1 Å². The number of carbonyl (C=O) groups excluding carboxylic acids is 2. The van der Waals surface area contributed by atoms with Crippen LogP contribution >= 0.6 is 0 Å². The summed E-state index contributed by atoms with van der Waals surface area (Å²) in [5, 5.41) is 7.19. The van der Waals surface area contributed by atoms with Crippen LogP contribution in [0.1, 0.15) is 51.4 Å². The largest absolute Gasteiger partial charge is 0.314 e. The Morgan fingerprint density at radius 2 is 1.86 bits per heavy atom. The van der Waals surface area contributed by atoms with Crippen LogP contribution in [0.2, 0.25) is 0 Å². The molecule has 3 rings (SSSR count). The number of nitrogens with one attached hydrogen (secondary N) is 2. The molecule has 0 spiro atoms. The zero-order chi connectivity index (χ0) is 14.8. The molecule has 2 amide bonds. The predicted octanol–water partition coefficient (Wildman–Crippen LogP) is 1.03. The first-order valence-corrected chi connectivity index (χ1v) is 8.46. The second kappa shape index (κ2) is 6.44. The van der Waals surface area contributed by atoms with E-state index in [1.165, 1.54) is 43.4 Å². The molecule has 5 heteroatoms. The van der Waals surface area contributed by atoms with Crippen molar-refractivity contribution in [3.8, 4) is 0 Å². The standard InChI is InChI=1S/C16H27N3O2/c1-19-15(20)10-14(16(19)21)18-13-8-3-2-6-11(13)12-7-4-5-9-17-12/h11-14,17-18H,2-10H2,1H3. The summed E-state index contributed by atoms with van der Waals surface area (Å²) in [6.45, 7) is 1.12. The number of hydrogen-bond acceptors (Lipinski definition) is 4. The molecule has 2 aliphatic heterocycles. The van der Waals surface area contributed by atoms with Crippen molar-refractivity contribution in [2.75, 3.05) is 13.6 Å². The van der Waals surface area contributed by atoms with Crippen molar-refractivity contribution in [3.05, 3.63) is 0 Å². The quantitative estimate of drug-likeness (QED) is 0.763. The number of nitrogens with zero attached hydrogens (tertiary/aromatic N) is 1. The number of carbonyl (C=O) groups is 2. The normalized spacial score (nSPS) is 38.0. The zero-order valence-electron chi connectivity index (χ0n) is 12.9. The molecule has 5 nitrogen and oxygen atoms in total. The van der Waals surface area contributed by atoms with E-state index in [0.29, 0.717) is 24.4 Å². The molecule has 0 aromatic heterocycles. The summed E-state index contributed by atoms with van der Waals surface area (Å²) in [6.07, 6.45) is 9.05. The molecule has 2 N–H and O–H groups in total. The van der Waals surface area contributed by atoms with Crippen molar-refractivity contribution in [3.63, 3.8) is 0 Å². The van der Waals surface area contributed by atoms with E-state index in [2.05, 4.69) is 10.6 Å². The smallest absolute Gasteiger partial charge is 0.246 e. The minimum Gasteiger partial charge on any atom is -0.314 e. The number of imide groups is 1. The lowest BCUT2D eigenvalue weighted by Gasteiger charge is -2.40. The molecule has 1 aliphatic carbocycles. The highest BCUT2D eigenvalue weighted by molar-refractivity contribution is 6.05. The summed E-state index contributed by atoms with van der Waals surface area (Å²) >= 11 is 0. The summed E-state index contributed by atoms with van der Waals surface area (Å²) in [5.41, 5.74) is 0. The van der Waals surface area contributed by atoms with Gasteiger partial charge in [-0.1, -0.05) is 19.3 Å². The van der Waals surface area contributed by atoms with Crippen LogP contribution in [0.15, 0.2) is 0 Å². The van der Waals surface area contributed by atoms with Crippen LogP contribution in [0.5, 0.6) is 0 Å².